The first-order valence-electron chi connectivity index (χ1n) is 4.88. The van der Waals surface area contributed by atoms with Crippen LogP contribution in [0.1, 0.15) is 30.5 Å². The summed E-state index contributed by atoms with van der Waals surface area (Å²) in [7, 11) is 0. The fraction of sp³-hybridized carbons (Fsp3) is 0.455. The molecule has 0 radical (unpaired) electrons. The number of benzene rings is 1. The van der Waals surface area contributed by atoms with Gasteiger partial charge >= 0.3 is 0 Å². The van der Waals surface area contributed by atoms with Crippen molar-refractivity contribution < 1.29 is 9.13 Å². The highest BCUT2D eigenvalue weighted by atomic mass is 19.1. The number of fused-ring (bicyclic) bond motifs is 1. The van der Waals surface area contributed by atoms with Gasteiger partial charge in [0.1, 0.15) is 5.82 Å². The summed E-state index contributed by atoms with van der Waals surface area (Å²) < 4.78 is 18.6. The third kappa shape index (κ3) is 1.53. The van der Waals surface area contributed by atoms with Gasteiger partial charge in [0.2, 0.25) is 0 Å². The second-order valence-corrected chi connectivity index (χ2v) is 3.63. The van der Waals surface area contributed by atoms with Crippen LogP contribution in [0.5, 0.6) is 0 Å². The largest absolute Gasteiger partial charge is 0.372 e. The second-order valence-electron chi connectivity index (χ2n) is 3.63. The summed E-state index contributed by atoms with van der Waals surface area (Å²) in [5.74, 6) is -0.226. The van der Waals surface area contributed by atoms with Gasteiger partial charge in [0.05, 0.1) is 18.8 Å². The lowest BCUT2D eigenvalue weighted by atomic mass is 9.93. The lowest BCUT2D eigenvalue weighted by Gasteiger charge is -2.30. The van der Waals surface area contributed by atoms with Crippen molar-refractivity contribution in [2.75, 3.05) is 0 Å². The van der Waals surface area contributed by atoms with Crippen molar-refractivity contribution in [2.24, 2.45) is 5.73 Å². The third-order valence-electron chi connectivity index (χ3n) is 2.72. The summed E-state index contributed by atoms with van der Waals surface area (Å²) in [6, 6.07) is 4.52. The maximum atomic E-state index is 13.0. The van der Waals surface area contributed by atoms with Gasteiger partial charge in [-0.1, -0.05) is 13.0 Å². The number of nitrogens with two attached hydrogens (primary N) is 1. The molecule has 1 aromatic carbocycles. The molecule has 0 amide bonds. The zero-order chi connectivity index (χ0) is 10.1. The van der Waals surface area contributed by atoms with Crippen LogP contribution in [-0.2, 0) is 11.3 Å². The van der Waals surface area contributed by atoms with E-state index in [1.807, 2.05) is 6.92 Å². The summed E-state index contributed by atoms with van der Waals surface area (Å²) in [5.41, 5.74) is 7.87. The Kier molecular flexibility index (Phi) is 2.52. The monoisotopic (exact) mass is 195 g/mol. The standard InChI is InChI=1S/C11H14FNO/c1-2-10-11(13)9-5-8(12)4-3-7(9)6-14-10/h3-5,10-11H,2,6,13H2,1H3. The summed E-state index contributed by atoms with van der Waals surface area (Å²) in [6.07, 6.45) is 0.876. The molecule has 2 N–H and O–H groups in total. The molecule has 3 heteroatoms. The van der Waals surface area contributed by atoms with Crippen LogP contribution in [0.3, 0.4) is 0 Å². The van der Waals surface area contributed by atoms with Crippen molar-refractivity contribution in [1.29, 1.82) is 0 Å². The zero-order valence-electron chi connectivity index (χ0n) is 8.16. The van der Waals surface area contributed by atoms with E-state index in [1.165, 1.54) is 12.1 Å². The van der Waals surface area contributed by atoms with Gasteiger partial charge in [0.15, 0.2) is 0 Å². The maximum Gasteiger partial charge on any atom is 0.123 e. The van der Waals surface area contributed by atoms with Crippen LogP contribution < -0.4 is 5.73 Å². The van der Waals surface area contributed by atoms with E-state index in [2.05, 4.69) is 0 Å². The fourth-order valence-corrected chi connectivity index (χ4v) is 1.88. The molecule has 14 heavy (non-hydrogen) atoms. The molecule has 1 aliphatic heterocycles. The Balaban J connectivity index is 2.38. The summed E-state index contributed by atoms with van der Waals surface area (Å²) in [6.45, 7) is 2.57. The Morgan fingerprint density at radius 3 is 3.07 bits per heavy atom. The van der Waals surface area contributed by atoms with Gasteiger partial charge in [0, 0.05) is 0 Å². The van der Waals surface area contributed by atoms with Crippen molar-refractivity contribution in [1.82, 2.24) is 0 Å². The highest BCUT2D eigenvalue weighted by molar-refractivity contribution is 5.32. The van der Waals surface area contributed by atoms with Gasteiger partial charge in [-0.3, -0.25) is 0 Å². The van der Waals surface area contributed by atoms with Gasteiger partial charge in [-0.25, -0.2) is 4.39 Å². The van der Waals surface area contributed by atoms with E-state index in [-0.39, 0.29) is 18.0 Å². The summed E-state index contributed by atoms with van der Waals surface area (Å²) in [5, 5.41) is 0. The first-order valence-corrected chi connectivity index (χ1v) is 4.88. The minimum absolute atomic E-state index is 0.0179. The Hall–Kier alpha value is -0.930. The first kappa shape index (κ1) is 9.62. The molecule has 2 unspecified atom stereocenters. The van der Waals surface area contributed by atoms with E-state index in [1.54, 1.807) is 6.07 Å². The molecular formula is C11H14FNO. The Morgan fingerprint density at radius 1 is 1.57 bits per heavy atom. The number of hydrogen-bond donors (Lipinski definition) is 1. The van der Waals surface area contributed by atoms with Crippen LogP contribution in [0.4, 0.5) is 4.39 Å². The van der Waals surface area contributed by atoms with Crippen LogP contribution in [-0.4, -0.2) is 6.10 Å². The van der Waals surface area contributed by atoms with Crippen LogP contribution in [0.15, 0.2) is 18.2 Å². The molecule has 2 nitrogen and oxygen atoms in total. The van der Waals surface area contributed by atoms with E-state index in [4.69, 9.17) is 10.5 Å². The lowest BCUT2D eigenvalue weighted by Crippen LogP contribution is -2.33. The molecule has 0 saturated heterocycles. The van der Waals surface area contributed by atoms with Crippen molar-refractivity contribution in [3.63, 3.8) is 0 Å². The van der Waals surface area contributed by atoms with E-state index >= 15 is 0 Å². The molecule has 1 aromatic rings. The molecule has 0 saturated carbocycles. The number of halogens is 1. The molecule has 0 spiro atoms. The highest BCUT2D eigenvalue weighted by Crippen LogP contribution is 2.29. The number of ether oxygens (including phenoxy) is 1. The van der Waals surface area contributed by atoms with Crippen LogP contribution >= 0.6 is 0 Å². The molecule has 2 atom stereocenters. The van der Waals surface area contributed by atoms with Gasteiger partial charge in [-0.2, -0.15) is 0 Å². The fourth-order valence-electron chi connectivity index (χ4n) is 1.88. The summed E-state index contributed by atoms with van der Waals surface area (Å²) >= 11 is 0. The highest BCUT2D eigenvalue weighted by Gasteiger charge is 2.26. The molecule has 0 aromatic heterocycles. The predicted molar refractivity (Wildman–Crippen MR) is 52.2 cm³/mol. The molecule has 0 aliphatic carbocycles. The number of hydrogen-bond acceptors (Lipinski definition) is 2. The van der Waals surface area contributed by atoms with E-state index in [0.717, 1.165) is 17.5 Å². The average Bonchev–Trinajstić information content (AvgIpc) is 2.20. The quantitative estimate of drug-likeness (QED) is 0.745. The smallest absolute Gasteiger partial charge is 0.123 e. The van der Waals surface area contributed by atoms with Crippen molar-refractivity contribution in [2.45, 2.75) is 32.1 Å². The van der Waals surface area contributed by atoms with Crippen molar-refractivity contribution in [3.05, 3.63) is 35.1 Å². The van der Waals surface area contributed by atoms with Gasteiger partial charge in [-0.15, -0.1) is 0 Å². The predicted octanol–water partition coefficient (Wildman–Crippen LogP) is 2.13. The molecule has 0 bridgehead atoms. The molecule has 2 rings (SSSR count). The maximum absolute atomic E-state index is 13.0. The molecule has 0 fully saturated rings. The van der Waals surface area contributed by atoms with Gasteiger partial charge < -0.3 is 10.5 Å². The lowest BCUT2D eigenvalue weighted by molar-refractivity contribution is 0.00666. The van der Waals surface area contributed by atoms with Crippen molar-refractivity contribution >= 4 is 0 Å². The van der Waals surface area contributed by atoms with Crippen LogP contribution in [0, 0.1) is 5.82 Å². The Bertz CT molecular complexity index is 340. The topological polar surface area (TPSA) is 35.2 Å². The van der Waals surface area contributed by atoms with Crippen LogP contribution in [0.2, 0.25) is 0 Å². The van der Waals surface area contributed by atoms with E-state index < -0.39 is 0 Å². The third-order valence-corrected chi connectivity index (χ3v) is 2.72. The average molecular weight is 195 g/mol. The first-order chi connectivity index (χ1) is 6.72. The van der Waals surface area contributed by atoms with Crippen LogP contribution in [0.25, 0.3) is 0 Å². The molecular weight excluding hydrogens is 181 g/mol. The van der Waals surface area contributed by atoms with Crippen molar-refractivity contribution in [3.8, 4) is 0 Å². The number of rotatable bonds is 1. The second kappa shape index (κ2) is 3.67. The zero-order valence-corrected chi connectivity index (χ0v) is 8.16. The SMILES string of the molecule is CCC1OCc2ccc(F)cc2C1N. The van der Waals surface area contributed by atoms with Gasteiger partial charge in [0.25, 0.3) is 0 Å². The van der Waals surface area contributed by atoms with E-state index in [0.29, 0.717) is 6.61 Å². The minimum atomic E-state index is -0.226. The Morgan fingerprint density at radius 2 is 2.36 bits per heavy atom. The van der Waals surface area contributed by atoms with Gasteiger partial charge in [-0.05, 0) is 29.7 Å². The normalized spacial score (nSPS) is 25.9. The molecule has 1 aliphatic rings. The van der Waals surface area contributed by atoms with E-state index in [9.17, 15) is 4.39 Å². The summed E-state index contributed by atoms with van der Waals surface area (Å²) in [4.78, 5) is 0. The Labute approximate surface area is 82.9 Å². The molecule has 1 heterocycles. The molecule has 76 valence electrons. The minimum Gasteiger partial charge on any atom is -0.372 e.